The summed E-state index contributed by atoms with van der Waals surface area (Å²) in [6.07, 6.45) is 0. The first-order valence-electron chi connectivity index (χ1n) is 18.9. The number of hydrogen-bond donors (Lipinski definition) is 0. The van der Waals surface area contributed by atoms with Crippen LogP contribution in [0, 0.1) is 0 Å². The molecule has 0 N–H and O–H groups in total. The number of nitrogens with zero attached hydrogens (tertiary/aromatic N) is 1. The average molecular weight is 690 g/mol. The highest BCUT2D eigenvalue weighted by molar-refractivity contribution is 6.16. The van der Waals surface area contributed by atoms with Gasteiger partial charge in [-0.2, -0.15) is 0 Å². The Morgan fingerprint density at radius 2 is 0.926 bits per heavy atom. The first-order valence-corrected chi connectivity index (χ1v) is 18.9. The topological polar surface area (TPSA) is 3.24 Å². The van der Waals surface area contributed by atoms with Gasteiger partial charge in [-0.1, -0.05) is 178 Å². The number of anilines is 3. The predicted molar refractivity (Wildman–Crippen MR) is 230 cm³/mol. The van der Waals surface area contributed by atoms with E-state index in [9.17, 15) is 0 Å². The summed E-state index contributed by atoms with van der Waals surface area (Å²) in [5.74, 6) is 0. The second-order valence-electron chi connectivity index (χ2n) is 14.9. The van der Waals surface area contributed by atoms with Crippen molar-refractivity contribution in [3.63, 3.8) is 0 Å². The Hall–Kier alpha value is -6.70. The fraction of sp³-hybridized carbons (Fsp3) is 0.0566. The fourth-order valence-corrected chi connectivity index (χ4v) is 8.82. The van der Waals surface area contributed by atoms with Crippen LogP contribution in [-0.4, -0.2) is 0 Å². The van der Waals surface area contributed by atoms with Crippen molar-refractivity contribution in [3.05, 3.63) is 211 Å². The maximum atomic E-state index is 2.49. The van der Waals surface area contributed by atoms with E-state index in [4.69, 9.17) is 0 Å². The van der Waals surface area contributed by atoms with Gasteiger partial charge in [0, 0.05) is 22.4 Å². The molecule has 0 atom stereocenters. The molecular weight excluding hydrogens is 651 g/mol. The Morgan fingerprint density at radius 3 is 1.70 bits per heavy atom. The monoisotopic (exact) mass is 689 g/mol. The van der Waals surface area contributed by atoms with Crippen LogP contribution >= 0.6 is 0 Å². The minimum absolute atomic E-state index is 0.131. The standard InChI is InChI=1S/C53H39N/c1-53(2)49-26-14-13-24-46(49)47-33-32-41(35-50(47)53)54(40-30-28-37(29-31-40)36-16-5-3-6-17-36)51-27-15-25-43(38-18-7-4-8-19-38)52(51)48-34-39-20-9-10-21-42(39)44-22-11-12-23-45(44)48/h3-35H,1-2H3. The zero-order chi connectivity index (χ0) is 36.2. The summed E-state index contributed by atoms with van der Waals surface area (Å²) >= 11 is 0. The third-order valence-electron chi connectivity index (χ3n) is 11.5. The maximum Gasteiger partial charge on any atom is 0.0546 e. The van der Waals surface area contributed by atoms with Crippen molar-refractivity contribution in [2.24, 2.45) is 0 Å². The summed E-state index contributed by atoms with van der Waals surface area (Å²) in [6.45, 7) is 4.73. The molecule has 0 aromatic heterocycles. The van der Waals surface area contributed by atoms with Crippen LogP contribution in [0.5, 0.6) is 0 Å². The van der Waals surface area contributed by atoms with E-state index in [1.54, 1.807) is 0 Å². The smallest absolute Gasteiger partial charge is 0.0546 e. The lowest BCUT2D eigenvalue weighted by atomic mass is 9.82. The average Bonchev–Trinajstić information content (AvgIpc) is 3.47. The molecule has 54 heavy (non-hydrogen) atoms. The van der Waals surface area contributed by atoms with Crippen LogP contribution in [0.4, 0.5) is 17.1 Å². The van der Waals surface area contributed by atoms with Gasteiger partial charge in [-0.15, -0.1) is 0 Å². The van der Waals surface area contributed by atoms with Crippen LogP contribution in [0.2, 0.25) is 0 Å². The zero-order valence-corrected chi connectivity index (χ0v) is 30.5. The molecule has 0 aliphatic heterocycles. The molecule has 1 aliphatic carbocycles. The van der Waals surface area contributed by atoms with E-state index in [1.807, 2.05) is 0 Å². The van der Waals surface area contributed by atoms with E-state index in [1.165, 1.54) is 77.2 Å². The Morgan fingerprint density at radius 1 is 0.352 bits per heavy atom. The number of hydrogen-bond acceptors (Lipinski definition) is 1. The summed E-state index contributed by atoms with van der Waals surface area (Å²) in [6, 6.07) is 73.5. The first kappa shape index (κ1) is 32.0. The van der Waals surface area contributed by atoms with Crippen LogP contribution in [0.1, 0.15) is 25.0 Å². The number of rotatable bonds is 6. The summed E-state index contributed by atoms with van der Waals surface area (Å²) in [5.41, 5.74) is 15.9. The minimum atomic E-state index is -0.131. The van der Waals surface area contributed by atoms with Gasteiger partial charge in [0.2, 0.25) is 0 Å². The Balaban J connectivity index is 1.27. The Kier molecular flexibility index (Phi) is 7.56. The second kappa shape index (κ2) is 12.8. The molecule has 10 rings (SSSR count). The highest BCUT2D eigenvalue weighted by Crippen LogP contribution is 2.53. The van der Waals surface area contributed by atoms with Crippen LogP contribution in [0.25, 0.3) is 66.1 Å². The van der Waals surface area contributed by atoms with Crippen molar-refractivity contribution in [2.45, 2.75) is 19.3 Å². The van der Waals surface area contributed by atoms with E-state index in [0.717, 1.165) is 17.1 Å². The molecule has 0 amide bonds. The summed E-state index contributed by atoms with van der Waals surface area (Å²) in [7, 11) is 0. The highest BCUT2D eigenvalue weighted by Gasteiger charge is 2.36. The van der Waals surface area contributed by atoms with E-state index < -0.39 is 0 Å². The van der Waals surface area contributed by atoms with Crippen molar-refractivity contribution in [1.29, 1.82) is 0 Å². The third kappa shape index (κ3) is 5.16. The molecule has 1 aliphatic rings. The SMILES string of the molecule is CC1(C)c2ccccc2-c2ccc(N(c3ccc(-c4ccccc4)cc3)c3cccc(-c4ccccc4)c3-c3cc4ccccc4c4ccccc34)cc21. The first-order chi connectivity index (χ1) is 26.6. The highest BCUT2D eigenvalue weighted by atomic mass is 15.1. The van der Waals surface area contributed by atoms with E-state index in [2.05, 4.69) is 219 Å². The van der Waals surface area contributed by atoms with Gasteiger partial charge in [0.15, 0.2) is 0 Å². The van der Waals surface area contributed by atoms with Crippen molar-refractivity contribution in [2.75, 3.05) is 4.90 Å². The van der Waals surface area contributed by atoms with Crippen molar-refractivity contribution < 1.29 is 0 Å². The molecule has 0 saturated carbocycles. The summed E-state index contributed by atoms with van der Waals surface area (Å²) < 4.78 is 0. The molecule has 0 spiro atoms. The molecule has 0 fully saturated rings. The molecule has 0 radical (unpaired) electrons. The fourth-order valence-electron chi connectivity index (χ4n) is 8.82. The molecule has 9 aromatic carbocycles. The van der Waals surface area contributed by atoms with Crippen LogP contribution in [0.3, 0.4) is 0 Å². The van der Waals surface area contributed by atoms with Gasteiger partial charge in [0.25, 0.3) is 0 Å². The number of benzene rings is 9. The molecule has 0 heterocycles. The Bertz CT molecular complexity index is 2830. The molecule has 0 bridgehead atoms. The summed E-state index contributed by atoms with van der Waals surface area (Å²) in [4.78, 5) is 2.49. The van der Waals surface area contributed by atoms with Crippen molar-refractivity contribution >= 4 is 38.6 Å². The lowest BCUT2D eigenvalue weighted by Gasteiger charge is -2.31. The molecule has 0 saturated heterocycles. The van der Waals surface area contributed by atoms with Gasteiger partial charge in [-0.05, 0) is 108 Å². The predicted octanol–water partition coefficient (Wildman–Crippen LogP) is 14.8. The lowest BCUT2D eigenvalue weighted by Crippen LogP contribution is -2.17. The molecule has 256 valence electrons. The normalized spacial score (nSPS) is 12.8. The van der Waals surface area contributed by atoms with E-state index >= 15 is 0 Å². The van der Waals surface area contributed by atoms with Gasteiger partial charge in [-0.3, -0.25) is 0 Å². The number of fused-ring (bicyclic) bond motifs is 6. The largest absolute Gasteiger partial charge is 0.310 e. The molecule has 1 nitrogen and oxygen atoms in total. The van der Waals surface area contributed by atoms with Crippen molar-refractivity contribution in [3.8, 4) is 44.5 Å². The van der Waals surface area contributed by atoms with E-state index in [-0.39, 0.29) is 5.41 Å². The van der Waals surface area contributed by atoms with Gasteiger partial charge in [-0.25, -0.2) is 0 Å². The minimum Gasteiger partial charge on any atom is -0.310 e. The molecule has 1 heteroatoms. The Labute approximate surface area is 317 Å². The lowest BCUT2D eigenvalue weighted by molar-refractivity contribution is 0.660. The van der Waals surface area contributed by atoms with E-state index in [0.29, 0.717) is 0 Å². The quantitative estimate of drug-likeness (QED) is 0.157. The summed E-state index contributed by atoms with van der Waals surface area (Å²) in [5, 5.41) is 5.00. The van der Waals surface area contributed by atoms with Crippen LogP contribution in [0.15, 0.2) is 200 Å². The molecule has 9 aromatic rings. The third-order valence-corrected chi connectivity index (χ3v) is 11.5. The zero-order valence-electron chi connectivity index (χ0n) is 30.5. The van der Waals surface area contributed by atoms with Gasteiger partial charge < -0.3 is 4.90 Å². The van der Waals surface area contributed by atoms with Gasteiger partial charge >= 0.3 is 0 Å². The van der Waals surface area contributed by atoms with Crippen molar-refractivity contribution in [1.82, 2.24) is 0 Å². The van der Waals surface area contributed by atoms with Crippen LogP contribution < -0.4 is 4.90 Å². The maximum absolute atomic E-state index is 2.49. The van der Waals surface area contributed by atoms with Gasteiger partial charge in [0.05, 0.1) is 5.69 Å². The van der Waals surface area contributed by atoms with Gasteiger partial charge in [0.1, 0.15) is 0 Å². The second-order valence-corrected chi connectivity index (χ2v) is 14.9. The van der Waals surface area contributed by atoms with Crippen LogP contribution in [-0.2, 0) is 5.41 Å². The molecule has 0 unspecified atom stereocenters. The molecular formula is C53H39N.